The number of carbonyl (C=O) groups is 1. The molecule has 1 fully saturated rings. The first-order valence-electron chi connectivity index (χ1n) is 6.90. The third-order valence-corrected chi connectivity index (χ3v) is 4.05. The van der Waals surface area contributed by atoms with Crippen LogP contribution in [0.5, 0.6) is 0 Å². The highest BCUT2D eigenvalue weighted by Crippen LogP contribution is 2.33. The van der Waals surface area contributed by atoms with Gasteiger partial charge in [0.25, 0.3) is 5.91 Å². The highest BCUT2D eigenvalue weighted by Gasteiger charge is 2.30. The Kier molecular flexibility index (Phi) is 3.80. The van der Waals surface area contributed by atoms with E-state index in [0.717, 1.165) is 24.9 Å². The standard InChI is InChI=1S/C16H15ClN2O2/c17-13-6-3-11(4-7-13)14-2-1-9-19(14)16(21)12-5-8-15(20)18-10-12/h3-8,10,14H,1-2,9H2,(H,18,20). The predicted molar refractivity (Wildman–Crippen MR) is 81.5 cm³/mol. The Bertz CT molecular complexity index is 688. The van der Waals surface area contributed by atoms with Gasteiger partial charge in [0, 0.05) is 23.8 Å². The number of nitrogens with one attached hydrogen (secondary N) is 1. The lowest BCUT2D eigenvalue weighted by molar-refractivity contribution is 0.0735. The predicted octanol–water partition coefficient (Wildman–Crippen LogP) is 3.01. The summed E-state index contributed by atoms with van der Waals surface area (Å²) in [7, 11) is 0. The van der Waals surface area contributed by atoms with Crippen LogP contribution in [0.15, 0.2) is 47.4 Å². The molecule has 5 heteroatoms. The van der Waals surface area contributed by atoms with Gasteiger partial charge in [-0.2, -0.15) is 0 Å². The average molecular weight is 303 g/mol. The molecule has 0 radical (unpaired) electrons. The van der Waals surface area contributed by atoms with Crippen molar-refractivity contribution in [3.05, 3.63) is 69.1 Å². The molecule has 1 aromatic carbocycles. The van der Waals surface area contributed by atoms with Crippen LogP contribution in [0.25, 0.3) is 0 Å². The first-order valence-corrected chi connectivity index (χ1v) is 7.28. The number of carbonyl (C=O) groups excluding carboxylic acids is 1. The molecule has 0 spiro atoms. The van der Waals surface area contributed by atoms with Crippen molar-refractivity contribution in [1.29, 1.82) is 0 Å². The summed E-state index contributed by atoms with van der Waals surface area (Å²) < 4.78 is 0. The molecule has 2 aromatic rings. The zero-order chi connectivity index (χ0) is 14.8. The molecule has 1 saturated heterocycles. The van der Waals surface area contributed by atoms with Crippen LogP contribution in [0.2, 0.25) is 5.02 Å². The summed E-state index contributed by atoms with van der Waals surface area (Å²) >= 11 is 5.91. The Morgan fingerprint density at radius 2 is 1.95 bits per heavy atom. The van der Waals surface area contributed by atoms with Crippen molar-refractivity contribution in [2.24, 2.45) is 0 Å². The van der Waals surface area contributed by atoms with Gasteiger partial charge in [0.05, 0.1) is 11.6 Å². The molecule has 1 aliphatic rings. The van der Waals surface area contributed by atoms with E-state index in [1.807, 2.05) is 29.2 Å². The highest BCUT2D eigenvalue weighted by atomic mass is 35.5. The number of amides is 1. The number of hydrogen-bond acceptors (Lipinski definition) is 2. The van der Waals surface area contributed by atoms with Gasteiger partial charge in [-0.15, -0.1) is 0 Å². The minimum Gasteiger partial charge on any atom is -0.332 e. The molecule has 1 amide bonds. The van der Waals surface area contributed by atoms with Gasteiger partial charge >= 0.3 is 0 Å². The summed E-state index contributed by atoms with van der Waals surface area (Å²) in [6, 6.07) is 10.6. The van der Waals surface area contributed by atoms with E-state index in [9.17, 15) is 9.59 Å². The minimum absolute atomic E-state index is 0.0521. The maximum absolute atomic E-state index is 12.6. The highest BCUT2D eigenvalue weighted by molar-refractivity contribution is 6.30. The molecule has 1 unspecified atom stereocenters. The molecule has 0 aliphatic carbocycles. The smallest absolute Gasteiger partial charge is 0.255 e. The van der Waals surface area contributed by atoms with Gasteiger partial charge in [-0.3, -0.25) is 9.59 Å². The van der Waals surface area contributed by atoms with Gasteiger partial charge in [0.1, 0.15) is 0 Å². The first-order chi connectivity index (χ1) is 10.1. The second-order valence-electron chi connectivity index (χ2n) is 5.15. The fourth-order valence-corrected chi connectivity index (χ4v) is 2.88. The minimum atomic E-state index is -0.206. The Balaban J connectivity index is 1.86. The van der Waals surface area contributed by atoms with Crippen LogP contribution in [0.1, 0.15) is 34.8 Å². The van der Waals surface area contributed by atoms with Gasteiger partial charge in [0.15, 0.2) is 0 Å². The number of benzene rings is 1. The summed E-state index contributed by atoms with van der Waals surface area (Å²) in [5, 5.41) is 0.690. The summed E-state index contributed by atoms with van der Waals surface area (Å²) in [5.74, 6) is -0.0521. The number of likely N-dealkylation sites (tertiary alicyclic amines) is 1. The molecule has 1 aromatic heterocycles. The summed E-state index contributed by atoms with van der Waals surface area (Å²) in [4.78, 5) is 28.1. The zero-order valence-electron chi connectivity index (χ0n) is 11.4. The number of rotatable bonds is 2. The SMILES string of the molecule is O=C(c1ccc(=O)[nH]c1)N1CCCC1c1ccc(Cl)cc1. The maximum Gasteiger partial charge on any atom is 0.255 e. The van der Waals surface area contributed by atoms with Crippen molar-refractivity contribution in [3.63, 3.8) is 0 Å². The first kappa shape index (κ1) is 13.9. The van der Waals surface area contributed by atoms with Crippen LogP contribution in [0.3, 0.4) is 0 Å². The van der Waals surface area contributed by atoms with E-state index in [0.29, 0.717) is 10.6 Å². The number of nitrogens with zero attached hydrogens (tertiary/aromatic N) is 1. The van der Waals surface area contributed by atoms with E-state index in [1.54, 1.807) is 6.07 Å². The lowest BCUT2D eigenvalue weighted by Gasteiger charge is -2.25. The van der Waals surface area contributed by atoms with Crippen molar-refractivity contribution < 1.29 is 4.79 Å². The molecule has 1 atom stereocenters. The summed E-state index contributed by atoms with van der Waals surface area (Å²) in [6.45, 7) is 0.727. The van der Waals surface area contributed by atoms with Crippen LogP contribution >= 0.6 is 11.6 Å². The molecular formula is C16H15ClN2O2. The van der Waals surface area contributed by atoms with Crippen LogP contribution in [0, 0.1) is 0 Å². The number of aromatic amines is 1. The van der Waals surface area contributed by atoms with Gasteiger partial charge < -0.3 is 9.88 Å². The lowest BCUT2D eigenvalue weighted by atomic mass is 10.0. The van der Waals surface area contributed by atoms with Crippen LogP contribution < -0.4 is 5.56 Å². The molecule has 2 heterocycles. The number of halogens is 1. The zero-order valence-corrected chi connectivity index (χ0v) is 12.1. The van der Waals surface area contributed by atoms with Crippen molar-refractivity contribution in [2.75, 3.05) is 6.54 Å². The van der Waals surface area contributed by atoms with Gasteiger partial charge in [0.2, 0.25) is 5.56 Å². The molecule has 1 aliphatic heterocycles. The van der Waals surface area contributed by atoms with E-state index in [1.165, 1.54) is 12.3 Å². The van der Waals surface area contributed by atoms with Crippen molar-refractivity contribution in [1.82, 2.24) is 9.88 Å². The third-order valence-electron chi connectivity index (χ3n) is 3.80. The Hall–Kier alpha value is -2.07. The molecular weight excluding hydrogens is 288 g/mol. The van der Waals surface area contributed by atoms with Crippen LogP contribution in [0.4, 0.5) is 0 Å². The Morgan fingerprint density at radius 3 is 2.62 bits per heavy atom. The Morgan fingerprint density at radius 1 is 1.19 bits per heavy atom. The number of aromatic nitrogens is 1. The lowest BCUT2D eigenvalue weighted by Crippen LogP contribution is -2.31. The van der Waals surface area contributed by atoms with E-state index in [-0.39, 0.29) is 17.5 Å². The van der Waals surface area contributed by atoms with E-state index in [4.69, 9.17) is 11.6 Å². The monoisotopic (exact) mass is 302 g/mol. The van der Waals surface area contributed by atoms with Gasteiger partial charge in [-0.25, -0.2) is 0 Å². The third kappa shape index (κ3) is 2.85. The van der Waals surface area contributed by atoms with Crippen LogP contribution in [-0.2, 0) is 0 Å². The molecule has 3 rings (SSSR count). The quantitative estimate of drug-likeness (QED) is 0.927. The van der Waals surface area contributed by atoms with Gasteiger partial charge in [-0.1, -0.05) is 23.7 Å². The van der Waals surface area contributed by atoms with E-state index in [2.05, 4.69) is 4.98 Å². The maximum atomic E-state index is 12.6. The largest absolute Gasteiger partial charge is 0.332 e. The number of hydrogen-bond donors (Lipinski definition) is 1. The fourth-order valence-electron chi connectivity index (χ4n) is 2.75. The fraction of sp³-hybridized carbons (Fsp3) is 0.250. The topological polar surface area (TPSA) is 53.2 Å². The second-order valence-corrected chi connectivity index (χ2v) is 5.59. The number of pyridine rings is 1. The molecule has 0 saturated carbocycles. The molecule has 1 N–H and O–H groups in total. The van der Waals surface area contributed by atoms with Crippen molar-refractivity contribution in [2.45, 2.75) is 18.9 Å². The molecule has 0 bridgehead atoms. The number of H-pyrrole nitrogens is 1. The second kappa shape index (κ2) is 5.74. The van der Waals surface area contributed by atoms with E-state index >= 15 is 0 Å². The molecule has 21 heavy (non-hydrogen) atoms. The Labute approximate surface area is 127 Å². The van der Waals surface area contributed by atoms with E-state index < -0.39 is 0 Å². The summed E-state index contributed by atoms with van der Waals surface area (Å²) in [6.07, 6.45) is 3.39. The van der Waals surface area contributed by atoms with Crippen molar-refractivity contribution >= 4 is 17.5 Å². The van der Waals surface area contributed by atoms with Crippen molar-refractivity contribution in [3.8, 4) is 0 Å². The summed E-state index contributed by atoms with van der Waals surface area (Å²) in [5.41, 5.74) is 1.40. The molecule has 4 nitrogen and oxygen atoms in total. The molecule has 108 valence electrons. The normalized spacial score (nSPS) is 18.0. The van der Waals surface area contributed by atoms with Crippen LogP contribution in [-0.4, -0.2) is 22.3 Å². The van der Waals surface area contributed by atoms with Gasteiger partial charge in [-0.05, 0) is 36.6 Å². The average Bonchev–Trinajstić information content (AvgIpc) is 2.97.